The van der Waals surface area contributed by atoms with Gasteiger partial charge in [-0.3, -0.25) is 9.59 Å². The molecule has 2 saturated heterocycles. The van der Waals surface area contributed by atoms with Gasteiger partial charge in [-0.2, -0.15) is 0 Å². The third-order valence-electron chi connectivity index (χ3n) is 3.65. The normalized spacial score (nSPS) is 28.8. The second-order valence-corrected chi connectivity index (χ2v) is 4.98. The number of carbonyl (C=O) groups is 2. The minimum Gasteiger partial charge on any atom is -0.356 e. The Labute approximate surface area is 102 Å². The standard InChI is InChI=1S/C12H21N3O2/c16-11-2-1-10(8-15-11)12(17)14-6-4-9-3-5-13-7-9/h9-10,13H,1-8H2,(H,14,17)(H,15,16). The summed E-state index contributed by atoms with van der Waals surface area (Å²) in [7, 11) is 0. The molecule has 0 aromatic carbocycles. The number of piperidine rings is 1. The smallest absolute Gasteiger partial charge is 0.224 e. The average molecular weight is 239 g/mol. The Hall–Kier alpha value is -1.10. The summed E-state index contributed by atoms with van der Waals surface area (Å²) in [4.78, 5) is 22.8. The van der Waals surface area contributed by atoms with Crippen LogP contribution in [0.15, 0.2) is 0 Å². The second-order valence-electron chi connectivity index (χ2n) is 4.98. The molecular weight excluding hydrogens is 218 g/mol. The maximum Gasteiger partial charge on any atom is 0.224 e. The fourth-order valence-corrected chi connectivity index (χ4v) is 2.46. The highest BCUT2D eigenvalue weighted by Crippen LogP contribution is 2.12. The molecule has 0 aromatic rings. The number of rotatable bonds is 4. The van der Waals surface area contributed by atoms with E-state index in [1.807, 2.05) is 0 Å². The summed E-state index contributed by atoms with van der Waals surface area (Å²) in [5.41, 5.74) is 0. The molecule has 2 aliphatic heterocycles. The van der Waals surface area contributed by atoms with Gasteiger partial charge in [-0.1, -0.05) is 0 Å². The van der Waals surface area contributed by atoms with E-state index in [-0.39, 0.29) is 17.7 Å². The van der Waals surface area contributed by atoms with E-state index in [0.717, 1.165) is 26.1 Å². The Kier molecular flexibility index (Phi) is 4.36. The van der Waals surface area contributed by atoms with Crippen LogP contribution in [0, 0.1) is 11.8 Å². The highest BCUT2D eigenvalue weighted by Gasteiger charge is 2.24. The van der Waals surface area contributed by atoms with Crippen LogP contribution < -0.4 is 16.0 Å². The Bertz CT molecular complexity index is 277. The van der Waals surface area contributed by atoms with Gasteiger partial charge in [0, 0.05) is 19.5 Å². The first-order valence-electron chi connectivity index (χ1n) is 6.51. The van der Waals surface area contributed by atoms with Gasteiger partial charge >= 0.3 is 0 Å². The minimum atomic E-state index is -0.0330. The summed E-state index contributed by atoms with van der Waals surface area (Å²) in [5, 5.41) is 9.03. The van der Waals surface area contributed by atoms with Gasteiger partial charge in [-0.25, -0.2) is 0 Å². The van der Waals surface area contributed by atoms with Gasteiger partial charge in [-0.05, 0) is 38.3 Å². The molecule has 0 radical (unpaired) electrons. The highest BCUT2D eigenvalue weighted by molar-refractivity contribution is 5.83. The van der Waals surface area contributed by atoms with Gasteiger partial charge in [0.1, 0.15) is 0 Å². The van der Waals surface area contributed by atoms with E-state index in [0.29, 0.717) is 25.3 Å². The summed E-state index contributed by atoms with van der Waals surface area (Å²) >= 11 is 0. The zero-order valence-corrected chi connectivity index (χ0v) is 10.1. The Morgan fingerprint density at radius 3 is 2.88 bits per heavy atom. The SMILES string of the molecule is O=C1CCC(C(=O)NCCC2CCNC2)CN1. The molecule has 2 heterocycles. The van der Waals surface area contributed by atoms with Crippen LogP contribution >= 0.6 is 0 Å². The van der Waals surface area contributed by atoms with Crippen LogP contribution in [-0.2, 0) is 9.59 Å². The van der Waals surface area contributed by atoms with E-state index in [9.17, 15) is 9.59 Å². The monoisotopic (exact) mass is 239 g/mol. The molecule has 5 heteroatoms. The Morgan fingerprint density at radius 1 is 1.35 bits per heavy atom. The van der Waals surface area contributed by atoms with Gasteiger partial charge in [0.25, 0.3) is 0 Å². The highest BCUT2D eigenvalue weighted by atomic mass is 16.2. The van der Waals surface area contributed by atoms with Crippen molar-refractivity contribution >= 4 is 11.8 Å². The third kappa shape index (κ3) is 3.70. The molecule has 2 rings (SSSR count). The number of hydrogen-bond donors (Lipinski definition) is 3. The van der Waals surface area contributed by atoms with E-state index in [1.54, 1.807) is 0 Å². The van der Waals surface area contributed by atoms with Crippen molar-refractivity contribution in [3.8, 4) is 0 Å². The molecule has 5 nitrogen and oxygen atoms in total. The zero-order valence-electron chi connectivity index (χ0n) is 10.1. The summed E-state index contributed by atoms with van der Waals surface area (Å²) in [6.07, 6.45) is 3.43. The number of carbonyl (C=O) groups excluding carboxylic acids is 2. The minimum absolute atomic E-state index is 0.0330. The first-order valence-corrected chi connectivity index (χ1v) is 6.51. The third-order valence-corrected chi connectivity index (χ3v) is 3.65. The lowest BCUT2D eigenvalue weighted by atomic mass is 9.98. The van der Waals surface area contributed by atoms with Crippen molar-refractivity contribution < 1.29 is 9.59 Å². The van der Waals surface area contributed by atoms with Crippen molar-refractivity contribution in [2.45, 2.75) is 25.7 Å². The van der Waals surface area contributed by atoms with E-state index in [1.165, 1.54) is 6.42 Å². The lowest BCUT2D eigenvalue weighted by Gasteiger charge is -2.21. The number of amides is 2. The summed E-state index contributed by atoms with van der Waals surface area (Å²) < 4.78 is 0. The van der Waals surface area contributed by atoms with Crippen molar-refractivity contribution in [2.75, 3.05) is 26.2 Å². The first kappa shape index (κ1) is 12.4. The number of nitrogens with one attached hydrogen (secondary N) is 3. The van der Waals surface area contributed by atoms with Gasteiger partial charge in [-0.15, -0.1) is 0 Å². The summed E-state index contributed by atoms with van der Waals surface area (Å²) in [6, 6.07) is 0. The fourth-order valence-electron chi connectivity index (χ4n) is 2.46. The van der Waals surface area contributed by atoms with Crippen LogP contribution in [0.3, 0.4) is 0 Å². The largest absolute Gasteiger partial charge is 0.356 e. The van der Waals surface area contributed by atoms with E-state index < -0.39 is 0 Å². The van der Waals surface area contributed by atoms with E-state index in [2.05, 4.69) is 16.0 Å². The van der Waals surface area contributed by atoms with Gasteiger partial charge in [0.15, 0.2) is 0 Å². The summed E-state index contributed by atoms with van der Waals surface area (Å²) in [6.45, 7) is 3.44. The average Bonchev–Trinajstić information content (AvgIpc) is 2.83. The zero-order chi connectivity index (χ0) is 12.1. The van der Waals surface area contributed by atoms with Crippen LogP contribution in [0.4, 0.5) is 0 Å². The topological polar surface area (TPSA) is 70.2 Å². The molecule has 2 atom stereocenters. The van der Waals surface area contributed by atoms with Crippen molar-refractivity contribution in [1.82, 2.24) is 16.0 Å². The molecule has 0 aliphatic carbocycles. The van der Waals surface area contributed by atoms with Crippen LogP contribution in [0.1, 0.15) is 25.7 Å². The van der Waals surface area contributed by atoms with Gasteiger partial charge in [0.2, 0.25) is 11.8 Å². The molecule has 96 valence electrons. The maximum absolute atomic E-state index is 11.8. The molecular formula is C12H21N3O2. The Balaban J connectivity index is 1.61. The molecule has 0 spiro atoms. The van der Waals surface area contributed by atoms with E-state index >= 15 is 0 Å². The first-order chi connectivity index (χ1) is 8.25. The maximum atomic E-state index is 11.8. The molecule has 2 unspecified atom stereocenters. The predicted octanol–water partition coefficient (Wildman–Crippen LogP) is -0.372. The molecule has 17 heavy (non-hydrogen) atoms. The molecule has 3 N–H and O–H groups in total. The molecule has 0 aromatic heterocycles. The predicted molar refractivity (Wildman–Crippen MR) is 64.3 cm³/mol. The summed E-state index contributed by atoms with van der Waals surface area (Å²) in [5.74, 6) is 0.831. The second kappa shape index (κ2) is 6.00. The molecule has 2 fully saturated rings. The van der Waals surface area contributed by atoms with Crippen LogP contribution in [-0.4, -0.2) is 38.0 Å². The van der Waals surface area contributed by atoms with Crippen molar-refractivity contribution in [1.29, 1.82) is 0 Å². The van der Waals surface area contributed by atoms with Gasteiger partial charge in [0.05, 0.1) is 5.92 Å². The quantitative estimate of drug-likeness (QED) is 0.627. The van der Waals surface area contributed by atoms with Crippen molar-refractivity contribution in [3.63, 3.8) is 0 Å². The van der Waals surface area contributed by atoms with Crippen LogP contribution in [0.5, 0.6) is 0 Å². The van der Waals surface area contributed by atoms with Crippen LogP contribution in [0.2, 0.25) is 0 Å². The molecule has 2 aliphatic rings. The fraction of sp³-hybridized carbons (Fsp3) is 0.833. The van der Waals surface area contributed by atoms with Crippen molar-refractivity contribution in [2.24, 2.45) is 11.8 Å². The van der Waals surface area contributed by atoms with Gasteiger partial charge < -0.3 is 16.0 Å². The number of hydrogen-bond acceptors (Lipinski definition) is 3. The molecule has 0 bridgehead atoms. The lowest BCUT2D eigenvalue weighted by Crippen LogP contribution is -2.43. The van der Waals surface area contributed by atoms with E-state index in [4.69, 9.17) is 0 Å². The van der Waals surface area contributed by atoms with Crippen LogP contribution in [0.25, 0.3) is 0 Å². The molecule has 0 saturated carbocycles. The molecule has 2 amide bonds. The Morgan fingerprint density at radius 2 is 2.24 bits per heavy atom. The lowest BCUT2D eigenvalue weighted by molar-refractivity contribution is -0.128. The van der Waals surface area contributed by atoms with Crippen molar-refractivity contribution in [3.05, 3.63) is 0 Å².